The number of ether oxygens (including phenoxy) is 1. The van der Waals surface area contributed by atoms with Gasteiger partial charge in [0.1, 0.15) is 11.4 Å². The number of aryl methyl sites for hydroxylation is 1. The predicted octanol–water partition coefficient (Wildman–Crippen LogP) is 3.43. The first-order valence-corrected chi connectivity index (χ1v) is 10.6. The van der Waals surface area contributed by atoms with Gasteiger partial charge in [-0.1, -0.05) is 42.5 Å². The van der Waals surface area contributed by atoms with E-state index >= 15 is 0 Å². The summed E-state index contributed by atoms with van der Waals surface area (Å²) in [7, 11) is 0. The van der Waals surface area contributed by atoms with Crippen LogP contribution in [0.15, 0.2) is 59.4 Å². The van der Waals surface area contributed by atoms with Gasteiger partial charge in [-0.2, -0.15) is 0 Å². The zero-order chi connectivity index (χ0) is 21.6. The number of hydrogen-bond acceptors (Lipinski definition) is 5. The lowest BCUT2D eigenvalue weighted by Crippen LogP contribution is -2.28. The van der Waals surface area contributed by atoms with Gasteiger partial charge in [0.05, 0.1) is 12.6 Å². The smallest absolute Gasteiger partial charge is 0.273 e. The van der Waals surface area contributed by atoms with Crippen LogP contribution in [0.2, 0.25) is 0 Å². The van der Waals surface area contributed by atoms with Crippen LogP contribution in [0.1, 0.15) is 43.5 Å². The van der Waals surface area contributed by atoms with Crippen molar-refractivity contribution in [2.24, 2.45) is 5.92 Å². The summed E-state index contributed by atoms with van der Waals surface area (Å²) in [5.41, 5.74) is 1.67. The molecule has 2 N–H and O–H groups in total. The van der Waals surface area contributed by atoms with Crippen molar-refractivity contribution in [3.63, 3.8) is 0 Å². The van der Waals surface area contributed by atoms with Gasteiger partial charge in [0, 0.05) is 18.4 Å². The molecule has 0 spiro atoms. The van der Waals surface area contributed by atoms with Gasteiger partial charge in [0.2, 0.25) is 5.91 Å². The molecule has 1 aromatic heterocycles. The second-order valence-corrected chi connectivity index (χ2v) is 7.93. The molecule has 1 unspecified atom stereocenters. The molecule has 7 heteroatoms. The third kappa shape index (κ3) is 5.78. The normalized spacial score (nSPS) is 14.1. The van der Waals surface area contributed by atoms with E-state index in [4.69, 9.17) is 4.74 Å². The number of benzene rings is 2. The van der Waals surface area contributed by atoms with E-state index in [9.17, 15) is 9.59 Å². The molecule has 1 atom stereocenters. The molecule has 0 bridgehead atoms. The summed E-state index contributed by atoms with van der Waals surface area (Å²) >= 11 is 0. The van der Waals surface area contributed by atoms with E-state index in [1.54, 1.807) is 0 Å². The number of aromatic nitrogens is 3. The summed E-state index contributed by atoms with van der Waals surface area (Å²) in [5.74, 6) is 1.66. The second kappa shape index (κ2) is 9.55. The first-order valence-electron chi connectivity index (χ1n) is 10.6. The Kier molecular flexibility index (Phi) is 6.40. The first-order chi connectivity index (χ1) is 15.1. The van der Waals surface area contributed by atoms with Crippen LogP contribution in [0.3, 0.4) is 0 Å². The maximum Gasteiger partial charge on any atom is 0.273 e. The summed E-state index contributed by atoms with van der Waals surface area (Å²) in [6, 6.07) is 17.1. The standard InChI is InChI=1S/C24H26N4O3/c1-16(18-6-3-2-4-7-18)25-22(29)13-12-21-24(30)26-23(28-27-21)19-8-5-9-20(14-19)31-15-17-10-11-17/h2-9,14,16-17H,10-13,15H2,1H3,(H,25,29)(H,26,28,30). The summed E-state index contributed by atoms with van der Waals surface area (Å²) < 4.78 is 5.79. The van der Waals surface area contributed by atoms with Crippen LogP contribution in [0, 0.1) is 5.92 Å². The number of nitrogens with zero attached hydrogens (tertiary/aromatic N) is 2. The van der Waals surface area contributed by atoms with Crippen LogP contribution in [0.4, 0.5) is 0 Å². The molecule has 2 aromatic carbocycles. The molecule has 1 aliphatic carbocycles. The van der Waals surface area contributed by atoms with Crippen molar-refractivity contribution in [1.29, 1.82) is 0 Å². The van der Waals surface area contributed by atoms with Gasteiger partial charge in [0.15, 0.2) is 5.82 Å². The van der Waals surface area contributed by atoms with E-state index in [0.717, 1.165) is 23.5 Å². The van der Waals surface area contributed by atoms with Crippen LogP contribution in [-0.4, -0.2) is 27.7 Å². The van der Waals surface area contributed by atoms with Crippen molar-refractivity contribution in [2.75, 3.05) is 6.61 Å². The highest BCUT2D eigenvalue weighted by Gasteiger charge is 2.22. The Hall–Kier alpha value is -3.48. The van der Waals surface area contributed by atoms with Crippen LogP contribution in [0.25, 0.3) is 11.4 Å². The number of nitrogens with one attached hydrogen (secondary N) is 2. The van der Waals surface area contributed by atoms with Crippen molar-refractivity contribution in [3.05, 3.63) is 76.2 Å². The minimum Gasteiger partial charge on any atom is -0.493 e. The number of amides is 1. The summed E-state index contributed by atoms with van der Waals surface area (Å²) in [5, 5.41) is 11.2. The monoisotopic (exact) mass is 418 g/mol. The Morgan fingerprint density at radius 1 is 1.16 bits per heavy atom. The molecule has 1 amide bonds. The lowest BCUT2D eigenvalue weighted by atomic mass is 10.1. The van der Waals surface area contributed by atoms with Gasteiger partial charge in [0.25, 0.3) is 5.56 Å². The highest BCUT2D eigenvalue weighted by Crippen LogP contribution is 2.30. The Balaban J connectivity index is 1.35. The highest BCUT2D eigenvalue weighted by molar-refractivity contribution is 5.76. The molecule has 0 radical (unpaired) electrons. The van der Waals surface area contributed by atoms with Crippen molar-refractivity contribution in [3.8, 4) is 17.1 Å². The molecule has 0 aliphatic heterocycles. The molecule has 1 heterocycles. The van der Waals surface area contributed by atoms with Crippen molar-refractivity contribution in [2.45, 2.75) is 38.6 Å². The van der Waals surface area contributed by atoms with Crippen molar-refractivity contribution < 1.29 is 9.53 Å². The molecule has 1 aliphatic rings. The molecule has 1 fully saturated rings. The van der Waals surface area contributed by atoms with Crippen LogP contribution in [-0.2, 0) is 11.2 Å². The predicted molar refractivity (Wildman–Crippen MR) is 118 cm³/mol. The van der Waals surface area contributed by atoms with Gasteiger partial charge >= 0.3 is 0 Å². The van der Waals surface area contributed by atoms with E-state index in [1.807, 2.05) is 61.5 Å². The zero-order valence-corrected chi connectivity index (χ0v) is 17.5. The molecule has 160 valence electrons. The number of hydrogen-bond donors (Lipinski definition) is 2. The van der Waals surface area contributed by atoms with E-state index in [1.165, 1.54) is 12.8 Å². The number of H-pyrrole nitrogens is 1. The van der Waals surface area contributed by atoms with Gasteiger partial charge < -0.3 is 15.0 Å². The summed E-state index contributed by atoms with van der Waals surface area (Å²) in [6.45, 7) is 2.65. The number of rotatable bonds is 9. The Morgan fingerprint density at radius 3 is 2.71 bits per heavy atom. The van der Waals surface area contributed by atoms with Crippen LogP contribution in [0.5, 0.6) is 5.75 Å². The molecule has 3 aromatic rings. The first kappa shape index (κ1) is 20.8. The topological polar surface area (TPSA) is 97.0 Å². The minimum absolute atomic E-state index is 0.102. The quantitative estimate of drug-likeness (QED) is 0.555. The van der Waals surface area contributed by atoms with Gasteiger partial charge in [-0.15, -0.1) is 10.2 Å². The van der Waals surface area contributed by atoms with Crippen molar-refractivity contribution in [1.82, 2.24) is 20.5 Å². The van der Waals surface area contributed by atoms with E-state index in [0.29, 0.717) is 11.7 Å². The molecular weight excluding hydrogens is 392 g/mol. The molecule has 4 rings (SSSR count). The molecule has 1 saturated carbocycles. The van der Waals surface area contributed by atoms with Crippen LogP contribution >= 0.6 is 0 Å². The minimum atomic E-state index is -0.335. The molecular formula is C24H26N4O3. The average molecular weight is 418 g/mol. The summed E-state index contributed by atoms with van der Waals surface area (Å²) in [4.78, 5) is 27.5. The SMILES string of the molecule is CC(NC(=O)CCc1nnc(-c2cccc(OCC3CC3)c2)[nH]c1=O)c1ccccc1. The van der Waals surface area contributed by atoms with Crippen LogP contribution < -0.4 is 15.6 Å². The number of aromatic amines is 1. The highest BCUT2D eigenvalue weighted by atomic mass is 16.5. The van der Waals surface area contributed by atoms with E-state index < -0.39 is 0 Å². The lowest BCUT2D eigenvalue weighted by molar-refractivity contribution is -0.121. The Labute approximate surface area is 180 Å². The van der Waals surface area contributed by atoms with Gasteiger partial charge in [-0.05, 0) is 43.4 Å². The maximum absolute atomic E-state index is 12.5. The van der Waals surface area contributed by atoms with E-state index in [-0.39, 0.29) is 36.0 Å². The molecule has 0 saturated heterocycles. The third-order valence-corrected chi connectivity index (χ3v) is 5.32. The molecule has 31 heavy (non-hydrogen) atoms. The third-order valence-electron chi connectivity index (χ3n) is 5.32. The number of carbonyl (C=O) groups excluding carboxylic acids is 1. The molecule has 7 nitrogen and oxygen atoms in total. The Bertz CT molecular complexity index is 1090. The maximum atomic E-state index is 12.5. The summed E-state index contributed by atoms with van der Waals surface area (Å²) in [6.07, 6.45) is 2.84. The second-order valence-electron chi connectivity index (χ2n) is 7.93. The lowest BCUT2D eigenvalue weighted by Gasteiger charge is -2.14. The fraction of sp³-hybridized carbons (Fsp3) is 0.333. The van der Waals surface area contributed by atoms with Gasteiger partial charge in [-0.25, -0.2) is 0 Å². The average Bonchev–Trinajstić information content (AvgIpc) is 3.62. The van der Waals surface area contributed by atoms with Crippen molar-refractivity contribution >= 4 is 5.91 Å². The fourth-order valence-corrected chi connectivity index (χ4v) is 3.26. The Morgan fingerprint density at radius 2 is 1.97 bits per heavy atom. The van der Waals surface area contributed by atoms with Gasteiger partial charge in [-0.3, -0.25) is 9.59 Å². The zero-order valence-electron chi connectivity index (χ0n) is 17.5. The van der Waals surface area contributed by atoms with E-state index in [2.05, 4.69) is 20.5 Å². The fourth-order valence-electron chi connectivity index (χ4n) is 3.26. The number of carbonyl (C=O) groups is 1. The largest absolute Gasteiger partial charge is 0.493 e.